The van der Waals surface area contributed by atoms with E-state index in [4.69, 9.17) is 0 Å². The van der Waals surface area contributed by atoms with Crippen LogP contribution < -0.4 is 0 Å². The number of hydrogen-bond donors (Lipinski definition) is 1. The Morgan fingerprint density at radius 2 is 2.06 bits per heavy atom. The molecule has 0 aliphatic carbocycles. The molecule has 2 aromatic rings. The van der Waals surface area contributed by atoms with Crippen LogP contribution in [-0.2, 0) is 37.5 Å². The minimum atomic E-state index is -0.523. The number of hydrogen-bond acceptors (Lipinski definition) is 2. The number of aromatic amines is 1. The molecule has 1 radical (unpaired) electrons. The van der Waals surface area contributed by atoms with E-state index in [9.17, 15) is 9.59 Å². The second-order valence-electron chi connectivity index (χ2n) is 3.70. The number of Topliss-reactive ketones (excluding diaryl/α,β-unsaturated/α-hetero) is 1. The molecule has 0 aliphatic rings. The molecule has 1 N–H and O–H groups in total. The van der Waals surface area contributed by atoms with Crippen molar-refractivity contribution in [3.63, 3.8) is 0 Å². The maximum atomic E-state index is 11.8. The molecule has 0 atom stereocenters. The normalized spacial score (nSPS) is 9.76. The zero-order valence-corrected chi connectivity index (χ0v) is 12.5. The summed E-state index contributed by atoms with van der Waals surface area (Å²) in [6, 6.07) is 8.15. The van der Waals surface area contributed by atoms with E-state index in [-0.39, 0.29) is 32.7 Å². The summed E-state index contributed by atoms with van der Waals surface area (Å²) < 4.78 is 0. The summed E-state index contributed by atoms with van der Waals surface area (Å²) in [6.07, 6.45) is 1.56. The fourth-order valence-electron chi connectivity index (χ4n) is 1.51. The molecule has 1 aromatic carbocycles. The van der Waals surface area contributed by atoms with Crippen LogP contribution in [0.15, 0.2) is 24.4 Å². The minimum Gasteiger partial charge on any atom is -0.384 e. The molecule has 5 heteroatoms. The first-order valence-electron chi connectivity index (χ1n) is 4.84. The van der Waals surface area contributed by atoms with Crippen LogP contribution in [0, 0.1) is 6.07 Å². The number of amides is 1. The van der Waals surface area contributed by atoms with Gasteiger partial charge in [0, 0.05) is 46.8 Å². The first-order chi connectivity index (χ1) is 7.61. The van der Waals surface area contributed by atoms with Crippen molar-refractivity contribution in [2.24, 2.45) is 0 Å². The molecule has 0 unspecified atom stereocenters. The molecule has 0 bridgehead atoms. The van der Waals surface area contributed by atoms with Gasteiger partial charge in [-0.05, 0) is 11.8 Å². The van der Waals surface area contributed by atoms with Crippen LogP contribution in [0.4, 0.5) is 0 Å². The molecule has 0 fully saturated rings. The van der Waals surface area contributed by atoms with Gasteiger partial charge >= 0.3 is 0 Å². The fourth-order valence-corrected chi connectivity index (χ4v) is 1.51. The Morgan fingerprint density at radius 3 is 2.71 bits per heavy atom. The fraction of sp³-hybridized carbons (Fsp3) is 0.167. The number of carbonyl (C=O) groups is 2. The number of fused-ring (bicyclic) bond motifs is 1. The van der Waals surface area contributed by atoms with Crippen molar-refractivity contribution < 1.29 is 42.3 Å². The molecule has 1 heterocycles. The third kappa shape index (κ3) is 2.64. The zero-order chi connectivity index (χ0) is 11.7. The molecule has 0 saturated carbocycles. The van der Waals surface area contributed by atoms with Crippen LogP contribution >= 0.6 is 0 Å². The van der Waals surface area contributed by atoms with Gasteiger partial charge in [0.15, 0.2) is 0 Å². The van der Waals surface area contributed by atoms with Gasteiger partial charge in [0.05, 0.1) is 0 Å². The summed E-state index contributed by atoms with van der Waals surface area (Å²) >= 11 is 0. The summed E-state index contributed by atoms with van der Waals surface area (Å²) in [5.74, 6) is -1.03. The van der Waals surface area contributed by atoms with Crippen molar-refractivity contribution >= 4 is 22.6 Å². The molecule has 85 valence electrons. The zero-order valence-electron chi connectivity index (χ0n) is 9.65. The third-order valence-electron chi connectivity index (χ3n) is 2.37. The van der Waals surface area contributed by atoms with Crippen molar-refractivity contribution in [2.75, 3.05) is 14.1 Å². The molecule has 0 spiro atoms. The Balaban J connectivity index is 0.00000144. The van der Waals surface area contributed by atoms with Crippen molar-refractivity contribution in [3.05, 3.63) is 36.0 Å². The van der Waals surface area contributed by atoms with Crippen LogP contribution in [0.2, 0.25) is 0 Å². The minimum absolute atomic E-state index is 0. The summed E-state index contributed by atoms with van der Waals surface area (Å²) in [5, 5.41) is 0.725. The van der Waals surface area contributed by atoms with Gasteiger partial charge in [-0.25, -0.2) is 0 Å². The van der Waals surface area contributed by atoms with Gasteiger partial charge in [-0.1, -0.05) is 10.9 Å². The molecule has 1 amide bonds. The standard InChI is InChI=1S/C12H11N2O2.Y/c1-14(2)12(16)11(15)9-7-13-10-6-4-3-5-8(9)10;/h4-7,13H,1-2H3;/q-1;. The summed E-state index contributed by atoms with van der Waals surface area (Å²) in [6.45, 7) is 0. The van der Waals surface area contributed by atoms with Gasteiger partial charge in [0.25, 0.3) is 5.91 Å². The van der Waals surface area contributed by atoms with E-state index in [1.807, 2.05) is 6.07 Å². The van der Waals surface area contributed by atoms with Gasteiger partial charge in [-0.2, -0.15) is 18.2 Å². The molecule has 2 rings (SSSR count). The molecule has 4 nitrogen and oxygen atoms in total. The van der Waals surface area contributed by atoms with Crippen LogP contribution in [0.5, 0.6) is 0 Å². The average Bonchev–Trinajstić information content (AvgIpc) is 2.70. The summed E-state index contributed by atoms with van der Waals surface area (Å²) in [7, 11) is 3.11. The first-order valence-corrected chi connectivity index (χ1v) is 4.84. The van der Waals surface area contributed by atoms with E-state index in [0.717, 1.165) is 10.9 Å². The second kappa shape index (κ2) is 5.56. The Labute approximate surface area is 124 Å². The van der Waals surface area contributed by atoms with E-state index in [2.05, 4.69) is 11.1 Å². The van der Waals surface area contributed by atoms with Gasteiger partial charge in [-0.3, -0.25) is 9.59 Å². The Kier molecular flexibility index (Phi) is 4.60. The van der Waals surface area contributed by atoms with Gasteiger partial charge < -0.3 is 9.88 Å². The third-order valence-corrected chi connectivity index (χ3v) is 2.37. The van der Waals surface area contributed by atoms with Crippen molar-refractivity contribution in [1.29, 1.82) is 0 Å². The quantitative estimate of drug-likeness (QED) is 0.515. The number of ketones is 1. The number of rotatable bonds is 2. The van der Waals surface area contributed by atoms with Gasteiger partial charge in [0.2, 0.25) is 5.78 Å². The van der Waals surface area contributed by atoms with Crippen LogP contribution in [0.1, 0.15) is 10.4 Å². The van der Waals surface area contributed by atoms with E-state index < -0.39 is 11.7 Å². The first kappa shape index (κ1) is 14.1. The molecular formula is C12H11N2O2Y-. The molecule has 17 heavy (non-hydrogen) atoms. The number of aromatic nitrogens is 1. The number of nitrogens with zero attached hydrogens (tertiary/aromatic N) is 1. The number of carbonyl (C=O) groups excluding carboxylic acids is 2. The van der Waals surface area contributed by atoms with Gasteiger partial charge in [0.1, 0.15) is 0 Å². The number of likely N-dealkylation sites (N-methyl/N-ethyl adjacent to an activating group) is 1. The number of H-pyrrole nitrogens is 1. The molecule has 1 aromatic heterocycles. The molecule has 0 aliphatic heterocycles. The Morgan fingerprint density at radius 1 is 1.35 bits per heavy atom. The maximum absolute atomic E-state index is 11.8. The van der Waals surface area contributed by atoms with Crippen LogP contribution in [0.3, 0.4) is 0 Å². The largest absolute Gasteiger partial charge is 0.384 e. The topological polar surface area (TPSA) is 53.2 Å². The van der Waals surface area contributed by atoms with E-state index in [1.54, 1.807) is 32.4 Å². The molecular weight excluding hydrogens is 293 g/mol. The summed E-state index contributed by atoms with van der Waals surface area (Å²) in [5.41, 5.74) is 1.22. The van der Waals surface area contributed by atoms with E-state index >= 15 is 0 Å². The second-order valence-corrected chi connectivity index (χ2v) is 3.70. The summed E-state index contributed by atoms with van der Waals surface area (Å²) in [4.78, 5) is 27.6. The van der Waals surface area contributed by atoms with Crippen molar-refractivity contribution in [1.82, 2.24) is 9.88 Å². The Hall–Kier alpha value is -0.996. The van der Waals surface area contributed by atoms with Crippen molar-refractivity contribution in [2.45, 2.75) is 0 Å². The predicted octanol–water partition coefficient (Wildman–Crippen LogP) is 1.24. The monoisotopic (exact) mass is 304 g/mol. The molecule has 0 saturated heterocycles. The van der Waals surface area contributed by atoms with Gasteiger partial charge in [-0.15, -0.1) is 6.07 Å². The van der Waals surface area contributed by atoms with Crippen LogP contribution in [0.25, 0.3) is 10.9 Å². The number of nitrogens with one attached hydrogen (secondary N) is 1. The Bertz CT molecular complexity index is 560. The van der Waals surface area contributed by atoms with Crippen LogP contribution in [-0.4, -0.2) is 35.7 Å². The van der Waals surface area contributed by atoms with E-state index in [1.165, 1.54) is 4.90 Å². The van der Waals surface area contributed by atoms with E-state index in [0.29, 0.717) is 5.56 Å². The average molecular weight is 304 g/mol. The smallest absolute Gasteiger partial charge is 0.293 e. The number of benzene rings is 1. The maximum Gasteiger partial charge on any atom is 0.293 e. The SMILES string of the molecule is CN(C)C(=O)C(=O)c1c[nH]c2cc[c-]cc12.[Y]. The predicted molar refractivity (Wildman–Crippen MR) is 60.2 cm³/mol. The van der Waals surface area contributed by atoms with Crippen molar-refractivity contribution in [3.8, 4) is 0 Å².